The summed E-state index contributed by atoms with van der Waals surface area (Å²) in [6.45, 7) is 18.9. The molecule has 3 aromatic heterocycles. The van der Waals surface area contributed by atoms with Crippen molar-refractivity contribution >= 4 is 61.7 Å². The van der Waals surface area contributed by atoms with Crippen molar-refractivity contribution in [2.75, 3.05) is 0 Å². The second kappa shape index (κ2) is 21.1. The molecule has 0 fully saturated rings. The quantitative estimate of drug-likeness (QED) is 0.0560. The fourth-order valence-corrected chi connectivity index (χ4v) is 15.0. The van der Waals surface area contributed by atoms with Crippen LogP contribution in [0.4, 0.5) is 0 Å². The van der Waals surface area contributed by atoms with Gasteiger partial charge in [0.15, 0.2) is 8.07 Å². The van der Waals surface area contributed by atoms with Gasteiger partial charge >= 0.3 is 0 Å². The summed E-state index contributed by atoms with van der Waals surface area (Å²) in [5.41, 5.74) is 5.54. The molecule has 13 rings (SSSR count). The van der Waals surface area contributed by atoms with E-state index in [0.717, 1.165) is 38.5 Å². The first-order valence-corrected chi connectivity index (χ1v) is 29.7. The van der Waals surface area contributed by atoms with E-state index in [1.54, 1.807) is 51.7 Å². The minimum absolute atomic E-state index is 0.0974. The Hall–Kier alpha value is -9.36. The number of hydrogen-bond acceptors (Lipinski definition) is 2. The highest BCUT2D eigenvalue weighted by atomic mass is 28.3. The molecule has 6 heteroatoms. The van der Waals surface area contributed by atoms with Crippen LogP contribution in [-0.4, -0.2) is 22.2 Å². The van der Waals surface area contributed by atoms with Gasteiger partial charge in [0.05, 0.1) is 60.9 Å². The van der Waals surface area contributed by atoms with Crippen molar-refractivity contribution < 1.29 is 36.7 Å². The highest BCUT2D eigenvalue weighted by molar-refractivity contribution is 7.20. The lowest BCUT2D eigenvalue weighted by Crippen LogP contribution is -2.74. The number of fused-ring (bicyclic) bond motifs is 4. The van der Waals surface area contributed by atoms with Gasteiger partial charge < -0.3 is 4.74 Å². The average Bonchev–Trinajstić information content (AvgIpc) is 0.738. The zero-order chi connectivity index (χ0) is 75.4. The molecule has 0 aliphatic carbocycles. The van der Waals surface area contributed by atoms with Crippen molar-refractivity contribution in [2.24, 2.45) is 0 Å². The number of aromatic nitrogens is 4. The van der Waals surface area contributed by atoms with Crippen LogP contribution in [0.2, 0.25) is 0 Å². The molecule has 0 unspecified atom stereocenters. The van der Waals surface area contributed by atoms with Crippen LogP contribution in [0.15, 0.2) is 261 Å². The van der Waals surface area contributed by atoms with E-state index in [2.05, 4.69) is 85.3 Å². The summed E-state index contributed by atoms with van der Waals surface area (Å²) < 4.78 is 200. The van der Waals surface area contributed by atoms with E-state index >= 15 is 0 Å². The lowest BCUT2D eigenvalue weighted by atomic mass is 9.78. The van der Waals surface area contributed by atoms with Crippen LogP contribution < -0.4 is 30.1 Å². The second-order valence-electron chi connectivity index (χ2n) is 24.0. The van der Waals surface area contributed by atoms with Gasteiger partial charge in [0.25, 0.3) is 6.33 Å². The predicted octanol–water partition coefficient (Wildman–Crippen LogP) is 16.6. The fourth-order valence-electron chi connectivity index (χ4n) is 11.2. The molecule has 0 bridgehead atoms. The van der Waals surface area contributed by atoms with Gasteiger partial charge in [-0.25, -0.2) is 4.98 Å². The number of rotatable bonds is 11. The number of pyridine rings is 1. The number of ether oxygens (including phenoxy) is 1. The van der Waals surface area contributed by atoms with Crippen LogP contribution in [0.3, 0.4) is 0 Å². The van der Waals surface area contributed by atoms with Gasteiger partial charge in [-0.1, -0.05) is 262 Å². The Kier molecular flexibility index (Phi) is 8.95. The fraction of sp³-hybridized carbons (Fsp3) is 0.154. The largest absolute Gasteiger partial charge is 0.458 e. The van der Waals surface area contributed by atoms with E-state index in [1.165, 1.54) is 18.2 Å². The molecule has 13 aromatic rings. The number of hydrogen-bond donors (Lipinski definition) is 0. The topological polar surface area (TPSA) is 35.9 Å². The SMILES string of the molecule is [2H]c1c([2H])c([2H])c(-c2cccc(-c3cc(C(C)(C)C)cc(C(C)(C)C)c3)c2-[n+]2[c-]n(-c3cccc(Oc4ccc5c6ccccc6n(-c6cc(C(C)(C)C)ccn6)c5c4)c3)c3cc([Si](c4c([2H])c([2H])c([2H])c([2H])c4[2H])(c4c([2H])c([2H])c([2H])c([2H])c4[2H])c4c([2H])c([2H])c([2H])c([2H])c4[2H])ccc32)c([2H])c1[2H]. The number of benzene rings is 10. The Morgan fingerprint density at radius 2 is 1.01 bits per heavy atom. The smallest absolute Gasteiger partial charge is 0.269 e. The molecule has 412 valence electrons. The van der Waals surface area contributed by atoms with Gasteiger partial charge in [0.2, 0.25) is 0 Å². The molecule has 10 aromatic carbocycles. The minimum Gasteiger partial charge on any atom is -0.458 e. The Balaban J connectivity index is 1.19. The Bertz CT molecular complexity index is 5510. The van der Waals surface area contributed by atoms with E-state index in [4.69, 9.17) is 17.9 Å². The molecule has 0 radical (unpaired) electrons. The first kappa shape index (κ1) is 35.6. The highest BCUT2D eigenvalue weighted by Gasteiger charge is 2.42. The van der Waals surface area contributed by atoms with Crippen LogP contribution in [0.25, 0.3) is 72.3 Å². The average molecular weight is 1130 g/mol. The van der Waals surface area contributed by atoms with E-state index in [0.29, 0.717) is 28.4 Å². The molecule has 0 N–H and O–H groups in total. The van der Waals surface area contributed by atoms with Crippen LogP contribution in [0.5, 0.6) is 11.5 Å². The first-order chi connectivity index (χ1) is 48.8. The first-order valence-electron chi connectivity index (χ1n) is 37.7. The maximum absolute atomic E-state index is 9.90. The van der Waals surface area contributed by atoms with Gasteiger partial charge in [-0.2, -0.15) is 0 Å². The van der Waals surface area contributed by atoms with Crippen molar-refractivity contribution in [2.45, 2.75) is 78.6 Å². The summed E-state index contributed by atoms with van der Waals surface area (Å²) in [7, 11) is -5.75. The van der Waals surface area contributed by atoms with Crippen molar-refractivity contribution in [3.8, 4) is 50.9 Å². The summed E-state index contributed by atoms with van der Waals surface area (Å²) in [4.78, 5) is 4.87. The summed E-state index contributed by atoms with van der Waals surface area (Å²) in [6.07, 6.45) is 5.37. The second-order valence-corrected chi connectivity index (χ2v) is 27.6. The normalized spacial score (nSPS) is 15.7. The zero-order valence-corrected chi connectivity index (χ0v) is 49.0. The van der Waals surface area contributed by atoms with Crippen molar-refractivity contribution in [3.63, 3.8) is 0 Å². The van der Waals surface area contributed by atoms with Crippen LogP contribution in [0, 0.1) is 6.33 Å². The van der Waals surface area contributed by atoms with Gasteiger partial charge in [-0.05, 0) is 124 Å². The van der Waals surface area contributed by atoms with E-state index < -0.39 is 155 Å². The van der Waals surface area contributed by atoms with Crippen molar-refractivity contribution in [1.29, 1.82) is 0 Å². The van der Waals surface area contributed by atoms with Crippen LogP contribution in [-0.2, 0) is 16.2 Å². The lowest BCUT2D eigenvalue weighted by Gasteiger charge is -2.34. The third kappa shape index (κ3) is 9.74. The summed E-state index contributed by atoms with van der Waals surface area (Å²) in [5, 5.41) is -0.363. The molecule has 0 spiro atoms. The van der Waals surface area contributed by atoms with Crippen molar-refractivity contribution in [3.05, 3.63) is 284 Å². The van der Waals surface area contributed by atoms with Gasteiger partial charge in [0, 0.05) is 23.0 Å². The molecule has 5 nitrogen and oxygen atoms in total. The molecular formula is C78H70N4OSi. The maximum atomic E-state index is 9.90. The molecule has 3 heterocycles. The molecule has 0 atom stereocenters. The predicted molar refractivity (Wildman–Crippen MR) is 353 cm³/mol. The highest BCUT2D eigenvalue weighted by Crippen LogP contribution is 2.40. The van der Waals surface area contributed by atoms with E-state index in [1.807, 2.05) is 66.7 Å². The maximum Gasteiger partial charge on any atom is 0.269 e. The molecule has 84 heavy (non-hydrogen) atoms. The van der Waals surface area contributed by atoms with Gasteiger partial charge in [-0.3, -0.25) is 13.7 Å². The lowest BCUT2D eigenvalue weighted by molar-refractivity contribution is -0.571. The molecule has 0 saturated heterocycles. The van der Waals surface area contributed by atoms with Crippen LogP contribution in [0.1, 0.15) is 106 Å². The Labute approximate surface area is 523 Å². The Morgan fingerprint density at radius 1 is 0.452 bits per heavy atom. The standard InChI is InChI=1S/C78H70N4OSi/c1-76(2,3)56-44-45-79-74(49-56)82-70-39-23-22-36-68(70)69-42-40-61(51-72(69)82)83-60-29-24-28-59(50-60)80-53-81(75-66(54-26-14-10-15-27-54)37-25-38-67(75)55-46-57(77(4,5)6)48-58(47-55)78(7,8)9)71-43-41-65(52-73(71)80)84(62-30-16-11-17-31-62,63-32-18-12-19-33-63)64-34-20-13-21-35-64/h10-52H,1-9H3/i10D,11D,12D,13D,14D,15D,16D,17D,18D,19D,20D,21D,26D,27D,30D,31D,32D,33D,34D,35D. The zero-order valence-electron chi connectivity index (χ0n) is 68.0. The molecule has 0 aliphatic rings. The minimum atomic E-state index is -5.75. The summed E-state index contributed by atoms with van der Waals surface area (Å²) in [6, 6.07) is 23.8. The summed E-state index contributed by atoms with van der Waals surface area (Å²) in [5.74, 6) is 1.39. The van der Waals surface area contributed by atoms with Gasteiger partial charge in [-0.15, -0.1) is 0 Å². The van der Waals surface area contributed by atoms with Crippen LogP contribution >= 0.6 is 0 Å². The monoisotopic (exact) mass is 1130 g/mol. The Morgan fingerprint density at radius 3 is 1.63 bits per heavy atom. The van der Waals surface area contributed by atoms with Crippen molar-refractivity contribution in [1.82, 2.24) is 14.1 Å². The number of para-hydroxylation sites is 2. The third-order valence-corrected chi connectivity index (χ3v) is 19.7. The van der Waals surface area contributed by atoms with E-state index in [-0.39, 0.29) is 44.2 Å². The molecular weight excluding hydrogens is 1040 g/mol. The number of imidazole rings is 1. The third-order valence-electron chi connectivity index (χ3n) is 15.5. The molecule has 0 amide bonds. The molecule has 0 saturated carbocycles. The summed E-state index contributed by atoms with van der Waals surface area (Å²) >= 11 is 0. The van der Waals surface area contributed by atoms with Gasteiger partial charge in [0.1, 0.15) is 17.3 Å². The van der Waals surface area contributed by atoms with E-state index in [9.17, 15) is 19.2 Å². The number of nitrogens with zero attached hydrogens (tertiary/aromatic N) is 4. The molecule has 0 aliphatic heterocycles.